The Morgan fingerprint density at radius 3 is 2.58 bits per heavy atom. The molecule has 2 heterocycles. The third-order valence-corrected chi connectivity index (χ3v) is 3.36. The highest BCUT2D eigenvalue weighted by Gasteiger charge is 2.36. The molecule has 0 bridgehead atoms. The first-order chi connectivity index (χ1) is 11.4. The van der Waals surface area contributed by atoms with Crippen LogP contribution in [0.4, 0.5) is 23.4 Å². The molecule has 1 N–H and O–H groups in total. The van der Waals surface area contributed by atoms with Crippen LogP contribution < -0.4 is 5.32 Å². The van der Waals surface area contributed by atoms with Crippen LogP contribution in [0.15, 0.2) is 30.6 Å². The first-order valence-corrected chi connectivity index (χ1v) is 7.17. The fourth-order valence-corrected chi connectivity index (χ4v) is 2.29. The van der Waals surface area contributed by atoms with Crippen LogP contribution in [0.25, 0.3) is 11.2 Å². The Morgan fingerprint density at radius 2 is 1.92 bits per heavy atom. The number of nitrogens with one attached hydrogen (secondary N) is 1. The quantitative estimate of drug-likeness (QED) is 0.740. The van der Waals surface area contributed by atoms with Crippen molar-refractivity contribution in [3.63, 3.8) is 0 Å². The molecule has 0 radical (unpaired) electrons. The van der Waals surface area contributed by atoms with Gasteiger partial charge in [0.25, 0.3) is 0 Å². The molecule has 1 aromatic carbocycles. The van der Waals surface area contributed by atoms with Gasteiger partial charge in [0.1, 0.15) is 11.3 Å². The van der Waals surface area contributed by atoms with Gasteiger partial charge in [-0.05, 0) is 13.0 Å². The van der Waals surface area contributed by atoms with Gasteiger partial charge in [-0.3, -0.25) is 0 Å². The van der Waals surface area contributed by atoms with Crippen molar-refractivity contribution < 1.29 is 17.6 Å². The number of aromatic nitrogens is 4. The van der Waals surface area contributed by atoms with E-state index in [1.165, 1.54) is 23.0 Å². The number of hydrogen-bond donors (Lipinski definition) is 1. The maximum absolute atomic E-state index is 13.8. The fraction of sp³-hybridized carbons (Fsp3) is 0.267. The number of alkyl halides is 3. The number of anilines is 1. The van der Waals surface area contributed by atoms with Gasteiger partial charge < -0.3 is 9.88 Å². The molecule has 0 fully saturated rings. The molecule has 3 rings (SSSR count). The SMILES string of the molecule is CCNc1nc(C(F)(F)F)nc2c1ncn2Cc1ccccc1F. The summed E-state index contributed by atoms with van der Waals surface area (Å²) in [6, 6.07) is 6.03. The van der Waals surface area contributed by atoms with Crippen molar-refractivity contribution in [2.75, 3.05) is 11.9 Å². The van der Waals surface area contributed by atoms with Gasteiger partial charge in [-0.25, -0.2) is 19.3 Å². The topological polar surface area (TPSA) is 55.6 Å². The summed E-state index contributed by atoms with van der Waals surface area (Å²) in [6.45, 7) is 2.13. The zero-order valence-corrected chi connectivity index (χ0v) is 12.6. The van der Waals surface area contributed by atoms with Gasteiger partial charge in [0, 0.05) is 12.1 Å². The largest absolute Gasteiger partial charge is 0.451 e. The first-order valence-electron chi connectivity index (χ1n) is 7.17. The Kier molecular flexibility index (Phi) is 4.08. The predicted octanol–water partition coefficient (Wildman–Crippen LogP) is 3.46. The number of nitrogens with zero attached hydrogens (tertiary/aromatic N) is 4. The maximum atomic E-state index is 13.8. The van der Waals surface area contributed by atoms with Crippen LogP contribution in [0.3, 0.4) is 0 Å². The molecule has 0 atom stereocenters. The maximum Gasteiger partial charge on any atom is 0.451 e. The Labute approximate surface area is 134 Å². The Balaban J connectivity index is 2.13. The summed E-state index contributed by atoms with van der Waals surface area (Å²) in [5.41, 5.74) is 0.534. The Hall–Kier alpha value is -2.71. The minimum Gasteiger partial charge on any atom is -0.368 e. The minimum absolute atomic E-state index is 0.00195. The van der Waals surface area contributed by atoms with Crippen LogP contribution in [-0.4, -0.2) is 26.1 Å². The van der Waals surface area contributed by atoms with E-state index in [1.54, 1.807) is 19.1 Å². The zero-order chi connectivity index (χ0) is 17.3. The lowest BCUT2D eigenvalue weighted by Gasteiger charge is -2.10. The molecule has 0 aliphatic rings. The molecule has 0 unspecified atom stereocenters. The van der Waals surface area contributed by atoms with Crippen LogP contribution in [0.5, 0.6) is 0 Å². The van der Waals surface area contributed by atoms with Crippen molar-refractivity contribution in [2.24, 2.45) is 0 Å². The van der Waals surface area contributed by atoms with Crippen molar-refractivity contribution >= 4 is 17.0 Å². The second kappa shape index (κ2) is 6.06. The number of fused-ring (bicyclic) bond motifs is 1. The van der Waals surface area contributed by atoms with E-state index >= 15 is 0 Å². The molecular formula is C15H13F4N5. The molecule has 126 valence electrons. The first kappa shape index (κ1) is 16.2. The van der Waals surface area contributed by atoms with Crippen LogP contribution >= 0.6 is 0 Å². The lowest BCUT2D eigenvalue weighted by molar-refractivity contribution is -0.144. The lowest BCUT2D eigenvalue weighted by atomic mass is 10.2. The van der Waals surface area contributed by atoms with E-state index in [9.17, 15) is 17.6 Å². The smallest absolute Gasteiger partial charge is 0.368 e. The van der Waals surface area contributed by atoms with Crippen LogP contribution in [0.2, 0.25) is 0 Å². The summed E-state index contributed by atoms with van der Waals surface area (Å²) in [4.78, 5) is 11.2. The van der Waals surface area contributed by atoms with Crippen molar-refractivity contribution in [2.45, 2.75) is 19.6 Å². The molecule has 0 saturated carbocycles. The van der Waals surface area contributed by atoms with E-state index in [1.807, 2.05) is 0 Å². The van der Waals surface area contributed by atoms with Crippen molar-refractivity contribution in [3.8, 4) is 0 Å². The number of benzene rings is 1. The monoisotopic (exact) mass is 339 g/mol. The third kappa shape index (κ3) is 3.01. The lowest BCUT2D eigenvalue weighted by Crippen LogP contribution is -2.14. The molecule has 0 aliphatic heterocycles. The molecule has 0 aliphatic carbocycles. The molecule has 5 nitrogen and oxygen atoms in total. The zero-order valence-electron chi connectivity index (χ0n) is 12.6. The fourth-order valence-electron chi connectivity index (χ4n) is 2.29. The molecule has 9 heteroatoms. The molecule has 2 aromatic heterocycles. The highest BCUT2D eigenvalue weighted by atomic mass is 19.4. The van der Waals surface area contributed by atoms with Crippen LogP contribution in [-0.2, 0) is 12.7 Å². The average molecular weight is 339 g/mol. The van der Waals surface area contributed by atoms with E-state index in [-0.39, 0.29) is 23.5 Å². The summed E-state index contributed by atoms with van der Waals surface area (Å²) >= 11 is 0. The van der Waals surface area contributed by atoms with Gasteiger partial charge in [0.05, 0.1) is 12.9 Å². The van der Waals surface area contributed by atoms with E-state index < -0.39 is 17.8 Å². The number of imidazole rings is 1. The number of rotatable bonds is 4. The van der Waals surface area contributed by atoms with Gasteiger partial charge in [-0.15, -0.1) is 0 Å². The van der Waals surface area contributed by atoms with Crippen molar-refractivity contribution in [1.82, 2.24) is 19.5 Å². The van der Waals surface area contributed by atoms with Gasteiger partial charge in [-0.2, -0.15) is 13.2 Å². The minimum atomic E-state index is -4.69. The highest BCUT2D eigenvalue weighted by molar-refractivity contribution is 5.83. The van der Waals surface area contributed by atoms with Crippen molar-refractivity contribution in [1.29, 1.82) is 0 Å². The average Bonchev–Trinajstić information content (AvgIpc) is 2.92. The Morgan fingerprint density at radius 1 is 1.17 bits per heavy atom. The van der Waals surface area contributed by atoms with Gasteiger partial charge in [0.2, 0.25) is 5.82 Å². The van der Waals surface area contributed by atoms with Crippen LogP contribution in [0.1, 0.15) is 18.3 Å². The summed E-state index contributed by atoms with van der Waals surface area (Å²) < 4.78 is 54.2. The second-order valence-electron chi connectivity index (χ2n) is 5.06. The van der Waals surface area contributed by atoms with Gasteiger partial charge in [0.15, 0.2) is 11.5 Å². The Bertz CT molecular complexity index is 872. The molecule has 0 spiro atoms. The number of halogens is 4. The third-order valence-electron chi connectivity index (χ3n) is 3.36. The molecular weight excluding hydrogens is 326 g/mol. The molecule has 3 aromatic rings. The normalized spacial score (nSPS) is 11.9. The van der Waals surface area contributed by atoms with Gasteiger partial charge in [-0.1, -0.05) is 18.2 Å². The van der Waals surface area contributed by atoms with E-state index in [2.05, 4.69) is 20.3 Å². The molecule has 0 saturated heterocycles. The van der Waals surface area contributed by atoms with E-state index in [0.717, 1.165) is 0 Å². The van der Waals surface area contributed by atoms with Gasteiger partial charge >= 0.3 is 6.18 Å². The van der Waals surface area contributed by atoms with E-state index in [0.29, 0.717) is 12.1 Å². The summed E-state index contributed by atoms with van der Waals surface area (Å²) in [7, 11) is 0. The van der Waals surface area contributed by atoms with E-state index in [4.69, 9.17) is 0 Å². The summed E-state index contributed by atoms with van der Waals surface area (Å²) in [5.74, 6) is -1.71. The standard InChI is InChI=1S/C15H13F4N5/c1-2-20-12-11-13(23-14(22-12)15(17,18)19)24(8-21-11)7-9-5-3-4-6-10(9)16/h3-6,8H,2,7H2,1H3,(H,20,22,23). The molecule has 24 heavy (non-hydrogen) atoms. The summed E-state index contributed by atoms with van der Waals surface area (Å²) in [6.07, 6.45) is -3.36. The predicted molar refractivity (Wildman–Crippen MR) is 80.0 cm³/mol. The second-order valence-corrected chi connectivity index (χ2v) is 5.06. The molecule has 0 amide bonds. The number of hydrogen-bond acceptors (Lipinski definition) is 4. The van der Waals surface area contributed by atoms with Crippen molar-refractivity contribution in [3.05, 3.63) is 47.8 Å². The van der Waals surface area contributed by atoms with Crippen LogP contribution in [0, 0.1) is 5.82 Å². The summed E-state index contributed by atoms with van der Waals surface area (Å²) in [5, 5.41) is 2.75. The highest BCUT2D eigenvalue weighted by Crippen LogP contribution is 2.30.